The fraction of sp³-hybridized carbons (Fsp3) is 0.846. The molecule has 1 saturated carbocycles. The second kappa shape index (κ2) is 6.76. The van der Waals surface area contributed by atoms with Crippen LogP contribution >= 0.6 is 24.0 Å². The van der Waals surface area contributed by atoms with Crippen molar-refractivity contribution in [3.63, 3.8) is 0 Å². The molecular formula is C13H24IN3O2. The second-order valence-corrected chi connectivity index (χ2v) is 5.62. The van der Waals surface area contributed by atoms with Gasteiger partial charge in [-0.15, -0.1) is 24.0 Å². The van der Waals surface area contributed by atoms with E-state index in [2.05, 4.69) is 16.8 Å². The van der Waals surface area contributed by atoms with Crippen molar-refractivity contribution in [1.82, 2.24) is 4.90 Å². The first-order valence-electron chi connectivity index (χ1n) is 6.71. The van der Waals surface area contributed by atoms with Gasteiger partial charge in [-0.05, 0) is 31.6 Å². The fourth-order valence-corrected chi connectivity index (χ4v) is 2.36. The number of rotatable bonds is 3. The molecule has 6 heteroatoms. The molecular weight excluding hydrogens is 357 g/mol. The lowest BCUT2D eigenvalue weighted by Gasteiger charge is -2.31. The average molecular weight is 381 g/mol. The first-order chi connectivity index (χ1) is 8.57. The number of nitrogens with two attached hydrogens (primary N) is 1. The van der Waals surface area contributed by atoms with Crippen molar-refractivity contribution in [3.05, 3.63) is 0 Å². The van der Waals surface area contributed by atoms with E-state index in [4.69, 9.17) is 10.5 Å². The van der Waals surface area contributed by atoms with Gasteiger partial charge in [0.25, 0.3) is 0 Å². The third kappa shape index (κ3) is 3.97. The molecule has 0 amide bonds. The molecule has 2 aliphatic rings. The van der Waals surface area contributed by atoms with E-state index in [0.717, 1.165) is 31.8 Å². The van der Waals surface area contributed by atoms with Crippen LogP contribution in [0.4, 0.5) is 0 Å². The quantitative estimate of drug-likeness (QED) is 0.349. The van der Waals surface area contributed by atoms with Gasteiger partial charge in [0.05, 0.1) is 19.1 Å². The number of aliphatic imine (C=N–C) groups is 1. The minimum absolute atomic E-state index is 0. The number of hydrogen-bond donors (Lipinski definition) is 1. The highest BCUT2D eigenvalue weighted by atomic mass is 127. The maximum absolute atomic E-state index is 11.6. The molecule has 2 rings (SSSR count). The van der Waals surface area contributed by atoms with Crippen LogP contribution in [-0.2, 0) is 9.53 Å². The van der Waals surface area contributed by atoms with Crippen LogP contribution in [0.2, 0.25) is 0 Å². The molecule has 0 atom stereocenters. The number of esters is 1. The first-order valence-corrected chi connectivity index (χ1v) is 6.71. The van der Waals surface area contributed by atoms with Crippen molar-refractivity contribution in [3.8, 4) is 0 Å². The molecule has 0 spiro atoms. The summed E-state index contributed by atoms with van der Waals surface area (Å²) >= 11 is 0. The number of halogens is 1. The summed E-state index contributed by atoms with van der Waals surface area (Å²) in [5, 5.41) is 0. The number of hydrogen-bond acceptors (Lipinski definition) is 3. The van der Waals surface area contributed by atoms with Gasteiger partial charge in [-0.25, -0.2) is 0 Å². The predicted molar refractivity (Wildman–Crippen MR) is 85.6 cm³/mol. The Morgan fingerprint density at radius 1 is 1.42 bits per heavy atom. The number of ether oxygens (including phenoxy) is 1. The van der Waals surface area contributed by atoms with Gasteiger partial charge in [-0.3, -0.25) is 9.79 Å². The summed E-state index contributed by atoms with van der Waals surface area (Å²) in [5.41, 5.74) is 5.62. The molecule has 0 aromatic rings. The van der Waals surface area contributed by atoms with Gasteiger partial charge < -0.3 is 15.4 Å². The summed E-state index contributed by atoms with van der Waals surface area (Å²) in [5.74, 6) is 1.21. The molecule has 2 fully saturated rings. The SMILES string of the molecule is COC(=O)C1(CN=C(N)N2CCC(C)CC2)CC1.I. The maximum atomic E-state index is 11.6. The number of piperidine rings is 1. The van der Waals surface area contributed by atoms with E-state index < -0.39 is 0 Å². The lowest BCUT2D eigenvalue weighted by atomic mass is 10.00. The second-order valence-electron chi connectivity index (χ2n) is 5.62. The molecule has 5 nitrogen and oxygen atoms in total. The van der Waals surface area contributed by atoms with Crippen LogP contribution in [0.3, 0.4) is 0 Å². The molecule has 1 aliphatic carbocycles. The van der Waals surface area contributed by atoms with Crippen LogP contribution in [0.15, 0.2) is 4.99 Å². The number of guanidine groups is 1. The Hall–Kier alpha value is -0.530. The summed E-state index contributed by atoms with van der Waals surface area (Å²) in [6, 6.07) is 0. The van der Waals surface area contributed by atoms with E-state index in [1.54, 1.807) is 0 Å². The van der Waals surface area contributed by atoms with Crippen LogP contribution in [-0.4, -0.2) is 43.6 Å². The standard InChI is InChI=1S/C13H23N3O2.HI/c1-10-3-7-16(8-4-10)12(14)15-9-13(5-6-13)11(17)18-2;/h10H,3-9H2,1-2H3,(H2,14,15);1H. The van der Waals surface area contributed by atoms with Gasteiger partial charge in [-0.1, -0.05) is 6.92 Å². The Kier molecular flexibility index (Phi) is 5.88. The summed E-state index contributed by atoms with van der Waals surface area (Å²) in [7, 11) is 1.43. The molecule has 0 aromatic heterocycles. The van der Waals surface area contributed by atoms with Gasteiger partial charge >= 0.3 is 5.97 Å². The summed E-state index contributed by atoms with van der Waals surface area (Å²) < 4.78 is 4.81. The van der Waals surface area contributed by atoms with Crippen LogP contribution in [0.1, 0.15) is 32.6 Å². The maximum Gasteiger partial charge on any atom is 0.313 e. The monoisotopic (exact) mass is 381 g/mol. The zero-order chi connectivity index (χ0) is 13.2. The summed E-state index contributed by atoms with van der Waals surface area (Å²) in [6.45, 7) is 4.68. The highest BCUT2D eigenvalue weighted by molar-refractivity contribution is 14.0. The molecule has 1 heterocycles. The number of nitrogens with zero attached hydrogens (tertiary/aromatic N) is 2. The Labute approximate surface area is 132 Å². The number of carbonyl (C=O) groups excluding carboxylic acids is 1. The topological polar surface area (TPSA) is 67.9 Å². The zero-order valence-electron chi connectivity index (χ0n) is 11.7. The van der Waals surface area contributed by atoms with Crippen molar-refractivity contribution >= 4 is 35.9 Å². The van der Waals surface area contributed by atoms with Gasteiger partial charge in [0.2, 0.25) is 0 Å². The van der Waals surface area contributed by atoms with E-state index in [9.17, 15) is 4.79 Å². The highest BCUT2D eigenvalue weighted by Gasteiger charge is 2.51. The van der Waals surface area contributed by atoms with Crippen molar-refractivity contribution in [1.29, 1.82) is 0 Å². The molecule has 1 saturated heterocycles. The van der Waals surface area contributed by atoms with E-state index in [-0.39, 0.29) is 35.4 Å². The van der Waals surface area contributed by atoms with Gasteiger partial charge in [0.1, 0.15) is 0 Å². The van der Waals surface area contributed by atoms with Crippen molar-refractivity contribution in [2.45, 2.75) is 32.6 Å². The molecule has 110 valence electrons. The summed E-state index contributed by atoms with van der Waals surface area (Å²) in [6.07, 6.45) is 4.07. The third-order valence-electron chi connectivity index (χ3n) is 4.12. The third-order valence-corrected chi connectivity index (χ3v) is 4.12. The fourth-order valence-electron chi connectivity index (χ4n) is 2.36. The van der Waals surface area contributed by atoms with Gasteiger partial charge in [0, 0.05) is 13.1 Å². The highest BCUT2D eigenvalue weighted by Crippen LogP contribution is 2.46. The minimum atomic E-state index is -0.373. The van der Waals surface area contributed by atoms with E-state index in [0.29, 0.717) is 12.5 Å². The molecule has 0 unspecified atom stereocenters. The van der Waals surface area contributed by atoms with Crippen LogP contribution < -0.4 is 5.73 Å². The van der Waals surface area contributed by atoms with Gasteiger partial charge in [0.15, 0.2) is 5.96 Å². The summed E-state index contributed by atoms with van der Waals surface area (Å²) in [4.78, 5) is 18.1. The Morgan fingerprint density at radius 2 is 2.00 bits per heavy atom. The first kappa shape index (κ1) is 16.5. The molecule has 19 heavy (non-hydrogen) atoms. The molecule has 0 aromatic carbocycles. The smallest absolute Gasteiger partial charge is 0.313 e. The van der Waals surface area contributed by atoms with Crippen molar-refractivity contribution < 1.29 is 9.53 Å². The predicted octanol–water partition coefficient (Wildman–Crippen LogP) is 1.60. The molecule has 0 radical (unpaired) electrons. The Bertz CT molecular complexity index is 348. The molecule has 0 bridgehead atoms. The number of likely N-dealkylation sites (tertiary alicyclic amines) is 1. The lowest BCUT2D eigenvalue weighted by Crippen LogP contribution is -2.43. The minimum Gasteiger partial charge on any atom is -0.469 e. The zero-order valence-corrected chi connectivity index (χ0v) is 14.1. The van der Waals surface area contributed by atoms with Crippen LogP contribution in [0.5, 0.6) is 0 Å². The van der Waals surface area contributed by atoms with Gasteiger partial charge in [-0.2, -0.15) is 0 Å². The Morgan fingerprint density at radius 3 is 2.47 bits per heavy atom. The number of carbonyl (C=O) groups is 1. The lowest BCUT2D eigenvalue weighted by molar-refractivity contribution is -0.146. The van der Waals surface area contributed by atoms with E-state index in [1.165, 1.54) is 20.0 Å². The normalized spacial score (nSPS) is 22.6. The molecule has 2 N–H and O–H groups in total. The van der Waals surface area contributed by atoms with E-state index >= 15 is 0 Å². The van der Waals surface area contributed by atoms with Crippen molar-refractivity contribution in [2.24, 2.45) is 22.1 Å². The Balaban J connectivity index is 0.00000180. The van der Waals surface area contributed by atoms with Crippen molar-refractivity contribution in [2.75, 3.05) is 26.7 Å². The van der Waals surface area contributed by atoms with Crippen LogP contribution in [0.25, 0.3) is 0 Å². The largest absolute Gasteiger partial charge is 0.469 e. The average Bonchev–Trinajstić information content (AvgIpc) is 3.17. The molecule has 1 aliphatic heterocycles. The van der Waals surface area contributed by atoms with E-state index in [1.807, 2.05) is 0 Å². The number of methoxy groups -OCH3 is 1. The van der Waals surface area contributed by atoms with Crippen LogP contribution in [0, 0.1) is 11.3 Å².